The van der Waals surface area contributed by atoms with Crippen LogP contribution < -0.4 is 35.5 Å². The highest BCUT2D eigenvalue weighted by molar-refractivity contribution is 6.04. The van der Waals surface area contributed by atoms with E-state index in [2.05, 4.69) is 43.0 Å². The second-order valence-corrected chi connectivity index (χ2v) is 14.9. The first-order chi connectivity index (χ1) is 26.6. The number of rotatable bonds is 11. The van der Waals surface area contributed by atoms with Crippen molar-refractivity contribution in [3.05, 3.63) is 59.8 Å². The Morgan fingerprint density at radius 1 is 0.982 bits per heavy atom. The number of aromatic nitrogens is 2. The van der Waals surface area contributed by atoms with Crippen molar-refractivity contribution in [3.63, 3.8) is 0 Å². The predicted molar refractivity (Wildman–Crippen MR) is 211 cm³/mol. The molecule has 2 aromatic carbocycles. The van der Waals surface area contributed by atoms with Gasteiger partial charge in [0.25, 0.3) is 5.91 Å². The molecule has 4 aliphatic heterocycles. The molecule has 4 aliphatic rings. The first kappa shape index (κ1) is 38.0. The van der Waals surface area contributed by atoms with E-state index in [1.165, 1.54) is 5.69 Å². The van der Waals surface area contributed by atoms with Crippen LogP contribution in [-0.2, 0) is 14.4 Å². The molecule has 1 aromatic heterocycles. The number of piperidine rings is 2. The highest BCUT2D eigenvalue weighted by atomic mass is 16.5. The van der Waals surface area contributed by atoms with Crippen molar-refractivity contribution in [1.29, 1.82) is 0 Å². The minimum absolute atomic E-state index is 0.00367. The molecular formula is C40H52N10O5. The van der Waals surface area contributed by atoms with Gasteiger partial charge in [0.1, 0.15) is 17.5 Å². The number of benzene rings is 2. The molecule has 1 unspecified atom stereocenters. The molecule has 7 rings (SSSR count). The summed E-state index contributed by atoms with van der Waals surface area (Å²) in [5.74, 6) is 1.33. The number of carbonyl (C=O) groups is 4. The van der Waals surface area contributed by atoms with Crippen LogP contribution in [-0.4, -0.2) is 116 Å². The summed E-state index contributed by atoms with van der Waals surface area (Å²) in [6.07, 6.45) is 5.81. The number of carbonyl (C=O) groups excluding carboxylic acids is 4. The van der Waals surface area contributed by atoms with Gasteiger partial charge < -0.3 is 24.8 Å². The molecule has 3 aromatic rings. The molecule has 0 aliphatic carbocycles. The zero-order valence-corrected chi connectivity index (χ0v) is 32.2. The second kappa shape index (κ2) is 16.6. The van der Waals surface area contributed by atoms with Crippen LogP contribution in [0, 0.1) is 5.92 Å². The SMILES string of the molecule is CCN1c2nc(Nc3ccc(C(=O)NN4CCC(CCN5CCN(c6ccc(C7CCC(=O)NC7=O)cc6)CC5)CC4)cc3OC)ncc2N(C)C(=O)[C@H]1C. The molecule has 0 bridgehead atoms. The van der Waals surface area contributed by atoms with E-state index < -0.39 is 0 Å². The number of amides is 4. The summed E-state index contributed by atoms with van der Waals surface area (Å²) in [6, 6.07) is 13.2. The number of imide groups is 1. The molecule has 15 heteroatoms. The Bertz CT molecular complexity index is 1890. The zero-order chi connectivity index (χ0) is 38.6. The van der Waals surface area contributed by atoms with Crippen molar-refractivity contribution in [2.75, 3.05) is 86.5 Å². The average molecular weight is 753 g/mol. The lowest BCUT2D eigenvalue weighted by Gasteiger charge is -2.38. The Balaban J connectivity index is 0.844. The number of likely N-dealkylation sites (N-methyl/N-ethyl adjacent to an activating group) is 2. The number of hydrogen-bond donors (Lipinski definition) is 3. The van der Waals surface area contributed by atoms with E-state index in [9.17, 15) is 19.2 Å². The summed E-state index contributed by atoms with van der Waals surface area (Å²) < 4.78 is 5.65. The van der Waals surface area contributed by atoms with Crippen LogP contribution in [0.5, 0.6) is 5.75 Å². The van der Waals surface area contributed by atoms with E-state index >= 15 is 0 Å². The second-order valence-electron chi connectivity index (χ2n) is 14.9. The normalized spacial score (nSPS) is 21.3. The third-order valence-electron chi connectivity index (χ3n) is 11.6. The number of methoxy groups -OCH3 is 1. The largest absolute Gasteiger partial charge is 0.495 e. The van der Waals surface area contributed by atoms with Crippen LogP contribution in [0.2, 0.25) is 0 Å². The smallest absolute Gasteiger partial charge is 0.265 e. The van der Waals surface area contributed by atoms with E-state index in [4.69, 9.17) is 9.72 Å². The number of fused-ring (bicyclic) bond motifs is 1. The van der Waals surface area contributed by atoms with Crippen molar-refractivity contribution >= 4 is 52.5 Å². The van der Waals surface area contributed by atoms with Gasteiger partial charge in [-0.15, -0.1) is 0 Å². The Morgan fingerprint density at radius 3 is 2.42 bits per heavy atom. The maximum absolute atomic E-state index is 13.3. The quantitative estimate of drug-likeness (QED) is 0.246. The molecule has 3 fully saturated rings. The molecule has 0 radical (unpaired) electrons. The predicted octanol–water partition coefficient (Wildman–Crippen LogP) is 3.51. The maximum Gasteiger partial charge on any atom is 0.265 e. The lowest BCUT2D eigenvalue weighted by Crippen LogP contribution is -2.51. The number of hydrazine groups is 1. The molecular weight excluding hydrogens is 701 g/mol. The van der Waals surface area contributed by atoms with Crippen LogP contribution in [0.25, 0.3) is 0 Å². The van der Waals surface area contributed by atoms with Gasteiger partial charge in [-0.05, 0) is 87.9 Å². The fourth-order valence-electron chi connectivity index (χ4n) is 8.14. The molecule has 3 N–H and O–H groups in total. The number of ether oxygens (including phenoxy) is 1. The standard InChI is InChI=1S/C40H52N10O5/c1-5-50-26(2)39(54)46(3)33-25-41-40(44-36(33)50)42-32-12-8-29(24-34(32)55-4)37(52)45-49-18-15-27(16-19-49)14-17-47-20-22-48(23-21-47)30-9-6-28(7-10-30)31-11-13-35(51)43-38(31)53/h6-10,12,24-27,31H,5,11,13-23H2,1-4H3,(H,45,52)(H,41,42,44)(H,43,51,53)/t26-,31?/m1/s1. The van der Waals surface area contributed by atoms with Gasteiger partial charge in [-0.2, -0.15) is 4.98 Å². The summed E-state index contributed by atoms with van der Waals surface area (Å²) in [4.78, 5) is 67.4. The van der Waals surface area contributed by atoms with Crippen molar-refractivity contribution in [2.24, 2.45) is 5.92 Å². The highest BCUT2D eigenvalue weighted by Crippen LogP contribution is 2.35. The van der Waals surface area contributed by atoms with E-state index in [0.717, 1.165) is 70.6 Å². The molecule has 4 amide bonds. The number of nitrogens with zero attached hydrogens (tertiary/aromatic N) is 7. The van der Waals surface area contributed by atoms with E-state index in [1.807, 2.05) is 35.9 Å². The van der Waals surface area contributed by atoms with Crippen LogP contribution in [0.4, 0.5) is 28.8 Å². The highest BCUT2D eigenvalue weighted by Gasteiger charge is 2.35. The van der Waals surface area contributed by atoms with Gasteiger partial charge in [-0.1, -0.05) is 12.1 Å². The molecule has 292 valence electrons. The van der Waals surface area contributed by atoms with Gasteiger partial charge in [-0.25, -0.2) is 9.99 Å². The van der Waals surface area contributed by atoms with Gasteiger partial charge >= 0.3 is 0 Å². The summed E-state index contributed by atoms with van der Waals surface area (Å²) in [6.45, 7) is 11.1. The van der Waals surface area contributed by atoms with Crippen LogP contribution in [0.1, 0.15) is 67.8 Å². The molecule has 0 spiro atoms. The topological polar surface area (TPSA) is 156 Å². The van der Waals surface area contributed by atoms with Crippen molar-refractivity contribution < 1.29 is 23.9 Å². The van der Waals surface area contributed by atoms with Crippen LogP contribution >= 0.6 is 0 Å². The summed E-state index contributed by atoms with van der Waals surface area (Å²) in [5, 5.41) is 7.70. The van der Waals surface area contributed by atoms with Gasteiger partial charge in [-0.3, -0.25) is 34.8 Å². The Morgan fingerprint density at radius 2 is 1.73 bits per heavy atom. The van der Waals surface area contributed by atoms with Gasteiger partial charge in [0.05, 0.1) is 24.9 Å². The van der Waals surface area contributed by atoms with Crippen LogP contribution in [0.15, 0.2) is 48.7 Å². The van der Waals surface area contributed by atoms with Crippen molar-refractivity contribution in [2.45, 2.75) is 57.9 Å². The lowest BCUT2D eigenvalue weighted by molar-refractivity contribution is -0.134. The molecule has 2 atom stereocenters. The Kier molecular flexibility index (Phi) is 11.5. The fourth-order valence-corrected chi connectivity index (χ4v) is 8.14. The minimum atomic E-state index is -0.329. The van der Waals surface area contributed by atoms with Crippen molar-refractivity contribution in [1.82, 2.24) is 30.6 Å². The third-order valence-corrected chi connectivity index (χ3v) is 11.6. The minimum Gasteiger partial charge on any atom is -0.495 e. The lowest BCUT2D eigenvalue weighted by atomic mass is 9.90. The molecule has 15 nitrogen and oxygen atoms in total. The number of anilines is 5. The number of nitrogens with one attached hydrogen (secondary N) is 3. The summed E-state index contributed by atoms with van der Waals surface area (Å²) in [5.41, 5.74) is 7.00. The van der Waals surface area contributed by atoms with Crippen molar-refractivity contribution in [3.8, 4) is 5.75 Å². The maximum atomic E-state index is 13.3. The average Bonchev–Trinajstić information content (AvgIpc) is 3.20. The van der Waals surface area contributed by atoms with E-state index in [1.54, 1.807) is 43.5 Å². The van der Waals surface area contributed by atoms with E-state index in [-0.39, 0.29) is 35.6 Å². The van der Waals surface area contributed by atoms with Gasteiger partial charge in [0, 0.05) is 70.5 Å². The monoisotopic (exact) mass is 752 g/mol. The summed E-state index contributed by atoms with van der Waals surface area (Å²) >= 11 is 0. The third kappa shape index (κ3) is 8.37. The Hall–Kier alpha value is -5.28. The molecule has 55 heavy (non-hydrogen) atoms. The molecule has 3 saturated heterocycles. The summed E-state index contributed by atoms with van der Waals surface area (Å²) in [7, 11) is 3.30. The fraction of sp³-hybridized carbons (Fsp3) is 0.500. The van der Waals surface area contributed by atoms with E-state index in [0.29, 0.717) is 59.8 Å². The number of hydrogen-bond acceptors (Lipinski definition) is 12. The first-order valence-electron chi connectivity index (χ1n) is 19.4. The van der Waals surface area contributed by atoms with Crippen LogP contribution in [0.3, 0.4) is 0 Å². The Labute approximate surface area is 322 Å². The zero-order valence-electron chi connectivity index (χ0n) is 32.2. The van der Waals surface area contributed by atoms with Gasteiger partial charge in [0.15, 0.2) is 5.82 Å². The number of piperazine rings is 1. The molecule has 0 saturated carbocycles. The molecule has 5 heterocycles. The van der Waals surface area contributed by atoms with Gasteiger partial charge in [0.2, 0.25) is 23.7 Å². The first-order valence-corrected chi connectivity index (χ1v) is 19.4.